The number of carbonyl (C=O) groups is 4. The molecule has 5 atom stereocenters. The topological polar surface area (TPSA) is 133 Å². The van der Waals surface area contributed by atoms with Crippen LogP contribution < -0.4 is 4.74 Å². The molecule has 2 rings (SSSR count). The van der Waals surface area contributed by atoms with E-state index in [0.29, 0.717) is 13.0 Å². The van der Waals surface area contributed by atoms with Crippen LogP contribution in [0.1, 0.15) is 46.1 Å². The molecule has 0 unspecified atom stereocenters. The quantitative estimate of drug-likeness (QED) is 0.150. The monoisotopic (exact) mass is 536 g/mol. The maximum absolute atomic E-state index is 11.9. The number of hydrogen-bond acceptors (Lipinski definition) is 11. The van der Waals surface area contributed by atoms with Crippen LogP contribution in [0.2, 0.25) is 0 Å². The fourth-order valence-electron chi connectivity index (χ4n) is 3.86. The van der Waals surface area contributed by atoms with Crippen molar-refractivity contribution >= 4 is 23.9 Å². The lowest BCUT2D eigenvalue weighted by Crippen LogP contribution is -2.63. The number of carbonyl (C=O) groups excluding carboxylic acids is 4. The van der Waals surface area contributed by atoms with Crippen molar-refractivity contribution in [2.75, 3.05) is 19.8 Å². The third-order valence-corrected chi connectivity index (χ3v) is 5.38. The number of unbranched alkanes of at least 4 members (excludes halogenated alkanes) is 1. The predicted molar refractivity (Wildman–Crippen MR) is 133 cm³/mol. The minimum Gasteiger partial charge on any atom is -0.490 e. The van der Waals surface area contributed by atoms with Crippen molar-refractivity contribution < 1.29 is 52.3 Å². The van der Waals surface area contributed by atoms with Crippen LogP contribution in [0.15, 0.2) is 36.9 Å². The maximum atomic E-state index is 11.9. The average molecular weight is 537 g/mol. The number of ether oxygens (including phenoxy) is 7. The van der Waals surface area contributed by atoms with Gasteiger partial charge >= 0.3 is 23.9 Å². The van der Waals surface area contributed by atoms with Crippen molar-refractivity contribution in [2.24, 2.45) is 0 Å². The van der Waals surface area contributed by atoms with Crippen LogP contribution in [-0.4, -0.2) is 74.4 Å². The SMILES string of the molecule is C=CCOc1ccc(CCCCO[C@@H]2O[C@H](COC(C)=O)[C@@H](OC(C)=O)[C@H](OC(C)=O)[C@H]2OC(C)=O)cc1. The molecular formula is C27H36O11. The molecular weight excluding hydrogens is 500 g/mol. The van der Waals surface area contributed by atoms with E-state index in [-0.39, 0.29) is 13.2 Å². The molecule has 0 radical (unpaired) electrons. The Bertz CT molecular complexity index is 943. The van der Waals surface area contributed by atoms with Crippen LogP contribution in [-0.2, 0) is 54.0 Å². The van der Waals surface area contributed by atoms with Gasteiger partial charge in [-0.2, -0.15) is 0 Å². The lowest BCUT2D eigenvalue weighted by atomic mass is 9.98. The van der Waals surface area contributed by atoms with Gasteiger partial charge in [0.05, 0.1) is 0 Å². The highest BCUT2D eigenvalue weighted by Crippen LogP contribution is 2.30. The minimum atomic E-state index is -1.25. The molecule has 1 aliphatic rings. The van der Waals surface area contributed by atoms with Gasteiger partial charge in [-0.25, -0.2) is 0 Å². The standard InChI is InChI=1S/C27H36O11/c1-6-14-32-22-12-10-21(11-13-22)9-7-8-15-33-27-26(37-20(5)31)25(36-19(4)30)24(35-18(3)29)23(38-27)16-34-17(2)28/h6,10-13,23-27H,1,7-9,14-16H2,2-5H3/t23-,24-,25+,26-,27-/m1/s1. The molecule has 0 N–H and O–H groups in total. The Kier molecular flexibility index (Phi) is 12.7. The normalized spacial score (nSPS) is 22.6. The third kappa shape index (κ3) is 10.5. The number of hydrogen-bond donors (Lipinski definition) is 0. The zero-order valence-electron chi connectivity index (χ0n) is 22.2. The Hall–Kier alpha value is -3.44. The Morgan fingerprint density at radius 3 is 2.03 bits per heavy atom. The Morgan fingerprint density at radius 2 is 1.45 bits per heavy atom. The molecule has 0 spiro atoms. The number of benzene rings is 1. The lowest BCUT2D eigenvalue weighted by molar-refractivity contribution is -0.308. The molecule has 0 bridgehead atoms. The second-order valence-corrected chi connectivity index (χ2v) is 8.64. The zero-order chi connectivity index (χ0) is 28.1. The molecule has 11 nitrogen and oxygen atoms in total. The van der Waals surface area contributed by atoms with Gasteiger partial charge in [0, 0.05) is 34.3 Å². The van der Waals surface area contributed by atoms with Gasteiger partial charge in [0.15, 0.2) is 24.6 Å². The molecule has 1 aliphatic heterocycles. The average Bonchev–Trinajstić information content (AvgIpc) is 2.84. The second-order valence-electron chi connectivity index (χ2n) is 8.64. The summed E-state index contributed by atoms with van der Waals surface area (Å²) in [6.07, 6.45) is -1.98. The predicted octanol–water partition coefficient (Wildman–Crippen LogP) is 2.67. The number of rotatable bonds is 14. The van der Waals surface area contributed by atoms with E-state index in [1.165, 1.54) is 27.7 Å². The number of aryl methyl sites for hydroxylation is 1. The van der Waals surface area contributed by atoms with Crippen molar-refractivity contribution in [3.05, 3.63) is 42.5 Å². The van der Waals surface area contributed by atoms with E-state index in [1.54, 1.807) is 6.08 Å². The summed E-state index contributed by atoms with van der Waals surface area (Å²) in [6.45, 7) is 8.72. The zero-order valence-corrected chi connectivity index (χ0v) is 22.2. The van der Waals surface area contributed by atoms with Gasteiger partial charge in [0.25, 0.3) is 0 Å². The van der Waals surface area contributed by atoms with Crippen LogP contribution in [0.5, 0.6) is 5.75 Å². The van der Waals surface area contributed by atoms with Gasteiger partial charge in [0.1, 0.15) is 25.1 Å². The highest BCUT2D eigenvalue weighted by atomic mass is 16.7. The summed E-state index contributed by atoms with van der Waals surface area (Å²) in [5, 5.41) is 0. The molecule has 1 saturated heterocycles. The van der Waals surface area contributed by atoms with Crippen molar-refractivity contribution in [1.29, 1.82) is 0 Å². The molecule has 38 heavy (non-hydrogen) atoms. The first-order valence-electron chi connectivity index (χ1n) is 12.4. The van der Waals surface area contributed by atoms with E-state index in [0.717, 1.165) is 24.2 Å². The lowest BCUT2D eigenvalue weighted by Gasteiger charge is -2.44. The van der Waals surface area contributed by atoms with E-state index in [2.05, 4.69) is 6.58 Å². The van der Waals surface area contributed by atoms with Crippen molar-refractivity contribution in [2.45, 2.75) is 77.7 Å². The highest BCUT2D eigenvalue weighted by Gasteiger charge is 2.52. The molecule has 11 heteroatoms. The van der Waals surface area contributed by atoms with Crippen LogP contribution in [0.3, 0.4) is 0 Å². The van der Waals surface area contributed by atoms with E-state index in [9.17, 15) is 19.2 Å². The fraction of sp³-hybridized carbons (Fsp3) is 0.556. The number of esters is 4. The molecule has 0 saturated carbocycles. The molecule has 1 fully saturated rings. The summed E-state index contributed by atoms with van der Waals surface area (Å²) < 4.78 is 38.5. The second kappa shape index (κ2) is 15.7. The Balaban J connectivity index is 2.07. The Labute approximate surface area is 222 Å². The molecule has 210 valence electrons. The summed E-state index contributed by atoms with van der Waals surface area (Å²) in [5.41, 5.74) is 1.13. The Morgan fingerprint density at radius 1 is 0.842 bits per heavy atom. The summed E-state index contributed by atoms with van der Waals surface area (Å²) in [6, 6.07) is 7.76. The molecule has 1 aromatic rings. The smallest absolute Gasteiger partial charge is 0.303 e. The summed E-state index contributed by atoms with van der Waals surface area (Å²) in [4.78, 5) is 46.9. The molecule has 0 amide bonds. The third-order valence-electron chi connectivity index (χ3n) is 5.38. The fourth-order valence-corrected chi connectivity index (χ4v) is 3.86. The maximum Gasteiger partial charge on any atom is 0.303 e. The van der Waals surface area contributed by atoms with Crippen molar-refractivity contribution in [3.63, 3.8) is 0 Å². The van der Waals surface area contributed by atoms with Gasteiger partial charge in [-0.05, 0) is 37.0 Å². The van der Waals surface area contributed by atoms with Gasteiger partial charge in [-0.3, -0.25) is 19.2 Å². The van der Waals surface area contributed by atoms with Crippen molar-refractivity contribution in [3.8, 4) is 5.75 Å². The van der Waals surface area contributed by atoms with Gasteiger partial charge in [0.2, 0.25) is 0 Å². The first-order chi connectivity index (χ1) is 18.1. The molecule has 1 aromatic carbocycles. The minimum absolute atomic E-state index is 0.230. The van der Waals surface area contributed by atoms with Gasteiger partial charge in [-0.1, -0.05) is 24.8 Å². The van der Waals surface area contributed by atoms with Crippen LogP contribution in [0, 0.1) is 0 Å². The summed E-state index contributed by atoms with van der Waals surface area (Å²) in [7, 11) is 0. The van der Waals surface area contributed by atoms with E-state index in [1.807, 2.05) is 24.3 Å². The summed E-state index contributed by atoms with van der Waals surface area (Å²) in [5.74, 6) is -1.88. The largest absolute Gasteiger partial charge is 0.490 e. The van der Waals surface area contributed by atoms with Crippen molar-refractivity contribution in [1.82, 2.24) is 0 Å². The molecule has 0 aliphatic carbocycles. The van der Waals surface area contributed by atoms with E-state index < -0.39 is 54.6 Å². The van der Waals surface area contributed by atoms with Crippen LogP contribution in [0.4, 0.5) is 0 Å². The van der Waals surface area contributed by atoms with Crippen LogP contribution >= 0.6 is 0 Å². The molecule has 0 aromatic heterocycles. The van der Waals surface area contributed by atoms with Gasteiger partial charge in [-0.15, -0.1) is 0 Å². The first-order valence-corrected chi connectivity index (χ1v) is 12.4. The first kappa shape index (κ1) is 30.8. The van der Waals surface area contributed by atoms with E-state index >= 15 is 0 Å². The van der Waals surface area contributed by atoms with E-state index in [4.69, 9.17) is 33.2 Å². The summed E-state index contributed by atoms with van der Waals surface area (Å²) >= 11 is 0. The highest BCUT2D eigenvalue weighted by molar-refractivity contribution is 5.68. The molecule has 1 heterocycles. The van der Waals surface area contributed by atoms with Gasteiger partial charge < -0.3 is 33.2 Å². The van der Waals surface area contributed by atoms with Crippen LogP contribution in [0.25, 0.3) is 0 Å².